The van der Waals surface area contributed by atoms with Crippen molar-refractivity contribution in [1.29, 1.82) is 0 Å². The Bertz CT molecular complexity index is 1380. The van der Waals surface area contributed by atoms with Gasteiger partial charge in [0.05, 0.1) is 24.0 Å². The highest BCUT2D eigenvalue weighted by molar-refractivity contribution is 5.58. The number of fused-ring (bicyclic) bond motifs is 1. The van der Waals surface area contributed by atoms with Crippen LogP contribution in [-0.4, -0.2) is 40.7 Å². The molecule has 1 aliphatic rings. The van der Waals surface area contributed by atoms with Crippen molar-refractivity contribution in [2.24, 2.45) is 4.99 Å². The first-order valence-corrected chi connectivity index (χ1v) is 9.70. The van der Waals surface area contributed by atoms with Crippen LogP contribution >= 0.6 is 0 Å². The van der Waals surface area contributed by atoms with E-state index in [-0.39, 0.29) is 17.6 Å². The molecule has 0 aliphatic heterocycles. The number of anilines is 1. The van der Waals surface area contributed by atoms with Crippen LogP contribution in [0.15, 0.2) is 46.4 Å². The molecule has 4 heterocycles. The zero-order valence-electron chi connectivity index (χ0n) is 16.2. The summed E-state index contributed by atoms with van der Waals surface area (Å²) in [6.07, 6.45) is 7.14. The number of nitrogens with zero attached hydrogens (tertiary/aromatic N) is 5. The van der Waals surface area contributed by atoms with Crippen LogP contribution in [0.5, 0.6) is 5.88 Å². The van der Waals surface area contributed by atoms with Crippen LogP contribution in [0.2, 0.25) is 0 Å². The second kappa shape index (κ2) is 7.14. The zero-order chi connectivity index (χ0) is 20.7. The first-order valence-electron chi connectivity index (χ1n) is 9.70. The largest absolute Gasteiger partial charge is 0.493 e. The normalized spacial score (nSPS) is 16.3. The van der Waals surface area contributed by atoms with Gasteiger partial charge in [-0.15, -0.1) is 0 Å². The van der Waals surface area contributed by atoms with Crippen LogP contribution in [0, 0.1) is 0 Å². The van der Waals surface area contributed by atoms with E-state index in [2.05, 4.69) is 25.4 Å². The Morgan fingerprint density at radius 1 is 1.37 bits per heavy atom. The third-order valence-electron chi connectivity index (χ3n) is 4.87. The minimum absolute atomic E-state index is 0.0599. The molecule has 0 aromatic carbocycles. The van der Waals surface area contributed by atoms with Crippen molar-refractivity contribution < 1.29 is 5.11 Å². The van der Waals surface area contributed by atoms with Crippen molar-refractivity contribution in [2.45, 2.75) is 31.8 Å². The molecular formula is C20H20N8O2. The highest BCUT2D eigenvalue weighted by atomic mass is 16.3. The van der Waals surface area contributed by atoms with E-state index in [1.165, 1.54) is 0 Å². The van der Waals surface area contributed by atoms with Gasteiger partial charge in [-0.1, -0.05) is 6.07 Å². The minimum Gasteiger partial charge on any atom is -0.493 e. The monoisotopic (exact) mass is 404 g/mol. The first-order chi connectivity index (χ1) is 14.6. The third-order valence-corrected chi connectivity index (χ3v) is 4.87. The lowest BCUT2D eigenvalue weighted by Gasteiger charge is -2.14. The number of pyridine rings is 1. The maximum absolute atomic E-state index is 11.4. The number of imidazole rings is 1. The van der Waals surface area contributed by atoms with Crippen molar-refractivity contribution in [2.75, 3.05) is 5.32 Å². The van der Waals surface area contributed by atoms with E-state index < -0.39 is 5.69 Å². The molecule has 5 rings (SSSR count). The van der Waals surface area contributed by atoms with Crippen LogP contribution in [-0.2, 0) is 0 Å². The van der Waals surface area contributed by atoms with Crippen molar-refractivity contribution in [3.63, 3.8) is 0 Å². The smallest absolute Gasteiger partial charge is 0.326 e. The average molecular weight is 404 g/mol. The number of H-pyrrole nitrogens is 2. The second-order valence-corrected chi connectivity index (χ2v) is 7.30. The molecule has 0 radical (unpaired) electrons. The van der Waals surface area contributed by atoms with Gasteiger partial charge in [0.2, 0.25) is 5.88 Å². The fraction of sp³-hybridized carbons (Fsp3) is 0.250. The number of aromatic amines is 2. The van der Waals surface area contributed by atoms with Crippen molar-refractivity contribution in [1.82, 2.24) is 29.5 Å². The number of aromatic hydroxyl groups is 1. The van der Waals surface area contributed by atoms with Gasteiger partial charge in [0.25, 0.3) is 0 Å². The summed E-state index contributed by atoms with van der Waals surface area (Å²) in [5.74, 6) is 0.405. The number of hydrogen-bond donors (Lipinski definition) is 4. The topological polar surface area (TPSA) is 136 Å². The lowest BCUT2D eigenvalue weighted by molar-refractivity contribution is 0.454. The molecule has 1 unspecified atom stereocenters. The van der Waals surface area contributed by atoms with Crippen molar-refractivity contribution in [3.05, 3.63) is 69.2 Å². The fourth-order valence-electron chi connectivity index (χ4n) is 3.20. The quantitative estimate of drug-likeness (QED) is 0.385. The van der Waals surface area contributed by atoms with Crippen LogP contribution < -0.4 is 21.7 Å². The molecule has 10 heteroatoms. The van der Waals surface area contributed by atoms with Crippen molar-refractivity contribution >= 4 is 17.5 Å². The Labute approximate surface area is 170 Å². The van der Waals surface area contributed by atoms with Gasteiger partial charge in [-0.05, 0) is 38.0 Å². The Morgan fingerprint density at radius 2 is 2.23 bits per heavy atom. The summed E-state index contributed by atoms with van der Waals surface area (Å²) in [4.78, 5) is 30.1. The summed E-state index contributed by atoms with van der Waals surface area (Å²) >= 11 is 0. The predicted molar refractivity (Wildman–Crippen MR) is 110 cm³/mol. The molecule has 152 valence electrons. The van der Waals surface area contributed by atoms with Gasteiger partial charge < -0.3 is 15.4 Å². The molecule has 4 N–H and O–H groups in total. The first kappa shape index (κ1) is 18.1. The molecule has 0 spiro atoms. The highest BCUT2D eigenvalue weighted by Gasteiger charge is 2.20. The average Bonchev–Trinajstić information content (AvgIpc) is 3.37. The minimum atomic E-state index is -0.487. The predicted octanol–water partition coefficient (Wildman–Crippen LogP) is 0.630. The maximum atomic E-state index is 11.4. The van der Waals surface area contributed by atoms with E-state index in [0.717, 1.165) is 18.5 Å². The summed E-state index contributed by atoms with van der Waals surface area (Å²) in [5, 5.41) is 18.3. The molecule has 0 saturated heterocycles. The van der Waals surface area contributed by atoms with Gasteiger partial charge in [-0.2, -0.15) is 9.61 Å². The summed E-state index contributed by atoms with van der Waals surface area (Å²) in [6.45, 7) is 2.01. The molecule has 1 saturated carbocycles. The summed E-state index contributed by atoms with van der Waals surface area (Å²) in [6, 6.07) is 7.89. The van der Waals surface area contributed by atoms with E-state index >= 15 is 0 Å². The molecular weight excluding hydrogens is 384 g/mol. The maximum Gasteiger partial charge on any atom is 0.326 e. The van der Waals surface area contributed by atoms with E-state index in [1.807, 2.05) is 31.2 Å². The Hall–Kier alpha value is -3.95. The summed E-state index contributed by atoms with van der Waals surface area (Å²) in [5.41, 5.74) is 1.94. The molecule has 0 bridgehead atoms. The molecule has 1 aliphatic carbocycles. The van der Waals surface area contributed by atoms with Crippen LogP contribution in [0.1, 0.15) is 37.2 Å². The van der Waals surface area contributed by atoms with Gasteiger partial charge in [0.1, 0.15) is 11.5 Å². The number of hydrogen-bond acceptors (Lipinski definition) is 7. The van der Waals surface area contributed by atoms with Crippen LogP contribution in [0.3, 0.4) is 0 Å². The van der Waals surface area contributed by atoms with Crippen molar-refractivity contribution in [3.8, 4) is 5.88 Å². The highest BCUT2D eigenvalue weighted by Crippen LogP contribution is 2.22. The van der Waals surface area contributed by atoms with Gasteiger partial charge in [0.15, 0.2) is 11.1 Å². The number of aromatic nitrogens is 6. The summed E-state index contributed by atoms with van der Waals surface area (Å²) < 4.78 is 1.67. The molecule has 0 amide bonds. The van der Waals surface area contributed by atoms with E-state index in [1.54, 1.807) is 23.0 Å². The fourth-order valence-corrected chi connectivity index (χ4v) is 3.20. The van der Waals surface area contributed by atoms with Crippen LogP contribution in [0.4, 0.5) is 5.82 Å². The standard InChI is InChI=1S/C20H20N8O2/c1-11(14-4-2-3-7-21-14)23-16-9-17(24-13-5-6-13)28-18(26-16)12(10-22-28)8-15-19(29)27-20(30)25-15/h2-4,7-11,13,23,29H,5-6H2,1H3,(H2,25,27,30). The lowest BCUT2D eigenvalue weighted by Crippen LogP contribution is -2.21. The second-order valence-electron chi connectivity index (χ2n) is 7.30. The lowest BCUT2D eigenvalue weighted by atomic mass is 10.2. The van der Waals surface area contributed by atoms with E-state index in [9.17, 15) is 9.90 Å². The SMILES string of the molecule is CC(Nc1cc(=NC2CC2)n2ncc(=Cc3[nH]c(=O)[nH]c3O)c2n1)c1ccccn1. The van der Waals surface area contributed by atoms with Gasteiger partial charge in [-0.25, -0.2) is 9.78 Å². The summed E-state index contributed by atoms with van der Waals surface area (Å²) in [7, 11) is 0. The zero-order valence-corrected chi connectivity index (χ0v) is 16.2. The Kier molecular flexibility index (Phi) is 4.31. The van der Waals surface area contributed by atoms with Gasteiger partial charge in [-0.3, -0.25) is 15.0 Å². The number of nitrogens with one attached hydrogen (secondary N) is 3. The Balaban J connectivity index is 1.63. The molecule has 4 aromatic rings. The Morgan fingerprint density at radius 3 is 2.93 bits per heavy atom. The van der Waals surface area contributed by atoms with E-state index in [4.69, 9.17) is 9.98 Å². The van der Waals surface area contributed by atoms with E-state index in [0.29, 0.717) is 28.2 Å². The molecule has 1 atom stereocenters. The van der Waals surface area contributed by atoms with Gasteiger partial charge >= 0.3 is 5.69 Å². The number of rotatable bonds is 5. The molecule has 4 aromatic heterocycles. The van der Waals surface area contributed by atoms with Gasteiger partial charge in [0, 0.05) is 17.5 Å². The molecule has 10 nitrogen and oxygen atoms in total. The molecule has 1 fully saturated rings. The third kappa shape index (κ3) is 3.54. The van der Waals surface area contributed by atoms with Crippen LogP contribution in [0.25, 0.3) is 11.7 Å². The molecule has 30 heavy (non-hydrogen) atoms.